The van der Waals surface area contributed by atoms with Crippen LogP contribution < -0.4 is 0 Å². The van der Waals surface area contributed by atoms with Gasteiger partial charge >= 0.3 is 0 Å². The Morgan fingerprint density at radius 3 is 1.11 bits per heavy atom. The van der Waals surface area contributed by atoms with Crippen molar-refractivity contribution in [2.24, 2.45) is 0 Å². The van der Waals surface area contributed by atoms with E-state index in [1.165, 1.54) is 55.3 Å². The summed E-state index contributed by atoms with van der Waals surface area (Å²) in [4.78, 5) is 0. The van der Waals surface area contributed by atoms with Crippen LogP contribution in [-0.4, -0.2) is 0 Å². The van der Waals surface area contributed by atoms with E-state index in [9.17, 15) is 0 Å². The lowest BCUT2D eigenvalue weighted by Crippen LogP contribution is -2.05. The topological polar surface area (TPSA) is 0 Å². The Labute approximate surface area is 261 Å². The fourth-order valence-corrected chi connectivity index (χ4v) is 6.14. The summed E-state index contributed by atoms with van der Waals surface area (Å²) in [5.74, 6) is 0. The number of hydrogen-bond acceptors (Lipinski definition) is 0. The van der Waals surface area contributed by atoms with Crippen molar-refractivity contribution in [2.45, 2.75) is 13.8 Å². The number of hydrogen-bond donors (Lipinski definition) is 0. The first-order chi connectivity index (χ1) is 21.6. The maximum Gasteiger partial charge on any atom is -0.000787 e. The lowest BCUT2D eigenvalue weighted by atomic mass is 9.76. The summed E-state index contributed by atoms with van der Waals surface area (Å²) < 4.78 is 0. The molecule has 0 nitrogen and oxygen atoms in total. The average molecular weight is 565 g/mol. The van der Waals surface area contributed by atoms with Crippen LogP contribution in [0.1, 0.15) is 33.4 Å². The van der Waals surface area contributed by atoms with Crippen LogP contribution in [0, 0.1) is 13.8 Å². The zero-order valence-corrected chi connectivity index (χ0v) is 25.4. The SMILES string of the molecule is C=CC=C(c1ccccc1)c1c(C(=CC=C)c2ccccc2)c(-c2ccc(C)cc2)c2ccccc2c1-c1ccc(C)cc1. The molecule has 0 aromatic heterocycles. The van der Waals surface area contributed by atoms with Crippen molar-refractivity contribution in [3.8, 4) is 22.3 Å². The van der Waals surface area contributed by atoms with Crippen LogP contribution in [0.5, 0.6) is 0 Å². The number of aryl methyl sites for hydroxylation is 2. The number of fused-ring (bicyclic) bond motifs is 1. The lowest BCUT2D eigenvalue weighted by molar-refractivity contribution is 1.44. The van der Waals surface area contributed by atoms with Crippen molar-refractivity contribution >= 4 is 21.9 Å². The minimum atomic E-state index is 1.12. The van der Waals surface area contributed by atoms with E-state index >= 15 is 0 Å². The molecular weight excluding hydrogens is 528 g/mol. The fourth-order valence-electron chi connectivity index (χ4n) is 6.14. The summed E-state index contributed by atoms with van der Waals surface area (Å²) in [5, 5.41) is 2.42. The Morgan fingerprint density at radius 2 is 0.773 bits per heavy atom. The van der Waals surface area contributed by atoms with Crippen LogP contribution >= 0.6 is 0 Å². The van der Waals surface area contributed by atoms with Gasteiger partial charge in [-0.25, -0.2) is 0 Å². The minimum absolute atomic E-state index is 1.12. The Balaban J connectivity index is 1.92. The first-order valence-electron chi connectivity index (χ1n) is 15.1. The third-order valence-corrected chi connectivity index (χ3v) is 8.17. The summed E-state index contributed by atoms with van der Waals surface area (Å²) in [6.45, 7) is 12.6. The zero-order valence-electron chi connectivity index (χ0n) is 25.4. The van der Waals surface area contributed by atoms with Crippen LogP contribution in [-0.2, 0) is 0 Å². The van der Waals surface area contributed by atoms with Crippen molar-refractivity contribution in [3.05, 3.63) is 204 Å². The standard InChI is InChI=1S/C44H36/c1-5-15-37(33-17-9-7-10-18-33)43-41(35-27-23-31(3)24-28-35)39-21-13-14-22-40(39)42(36-29-25-32(4)26-30-36)44(43)38(16-6-2)34-19-11-8-12-20-34/h5-30H,1-2H2,3-4H3. The number of benzene rings is 6. The number of allylic oxidation sites excluding steroid dienone is 4. The first kappa shape index (κ1) is 28.6. The Kier molecular flexibility index (Phi) is 8.34. The second-order valence-electron chi connectivity index (χ2n) is 11.1. The molecule has 6 rings (SSSR count). The largest absolute Gasteiger partial charge is 0.0990 e. The minimum Gasteiger partial charge on any atom is -0.0990 e. The normalized spacial score (nSPS) is 11.9. The van der Waals surface area contributed by atoms with Gasteiger partial charge in [-0.1, -0.05) is 182 Å². The van der Waals surface area contributed by atoms with E-state index in [-0.39, 0.29) is 0 Å². The van der Waals surface area contributed by atoms with E-state index in [0.29, 0.717) is 0 Å². The van der Waals surface area contributed by atoms with Gasteiger partial charge in [0.15, 0.2) is 0 Å². The van der Waals surface area contributed by atoms with Crippen LogP contribution in [0.2, 0.25) is 0 Å². The molecule has 0 saturated heterocycles. The summed E-state index contributed by atoms with van der Waals surface area (Å²) >= 11 is 0. The van der Waals surface area contributed by atoms with E-state index in [4.69, 9.17) is 0 Å². The van der Waals surface area contributed by atoms with Gasteiger partial charge in [-0.15, -0.1) is 0 Å². The summed E-state index contributed by atoms with van der Waals surface area (Å²) in [5.41, 5.74) is 14.1. The quantitative estimate of drug-likeness (QED) is 0.161. The van der Waals surface area contributed by atoms with Crippen molar-refractivity contribution in [1.29, 1.82) is 0 Å². The second kappa shape index (κ2) is 12.8. The maximum absolute atomic E-state index is 4.18. The van der Waals surface area contributed by atoms with E-state index in [1.54, 1.807) is 0 Å². The molecule has 0 heterocycles. The molecule has 212 valence electrons. The van der Waals surface area contributed by atoms with Crippen molar-refractivity contribution in [2.75, 3.05) is 0 Å². The molecule has 0 unspecified atom stereocenters. The molecule has 0 aliphatic heterocycles. The van der Waals surface area contributed by atoms with Gasteiger partial charge < -0.3 is 0 Å². The van der Waals surface area contributed by atoms with Gasteiger partial charge in [0.25, 0.3) is 0 Å². The fraction of sp³-hybridized carbons (Fsp3) is 0.0455. The van der Waals surface area contributed by atoms with E-state index in [2.05, 4.69) is 173 Å². The van der Waals surface area contributed by atoms with Gasteiger partial charge in [0.05, 0.1) is 0 Å². The van der Waals surface area contributed by atoms with Crippen LogP contribution in [0.4, 0.5) is 0 Å². The van der Waals surface area contributed by atoms with E-state index in [0.717, 1.165) is 22.3 Å². The molecule has 6 aromatic carbocycles. The molecule has 0 heteroatoms. The Hall–Kier alpha value is -5.46. The molecule has 0 aliphatic rings. The van der Waals surface area contributed by atoms with Crippen LogP contribution in [0.3, 0.4) is 0 Å². The molecule has 6 aromatic rings. The molecule has 0 bridgehead atoms. The molecule has 44 heavy (non-hydrogen) atoms. The van der Waals surface area contributed by atoms with E-state index < -0.39 is 0 Å². The molecule has 0 saturated carbocycles. The predicted molar refractivity (Wildman–Crippen MR) is 192 cm³/mol. The summed E-state index contributed by atoms with van der Waals surface area (Å²) in [6, 6.07) is 48.0. The second-order valence-corrected chi connectivity index (χ2v) is 11.1. The highest BCUT2D eigenvalue weighted by Crippen LogP contribution is 2.49. The van der Waals surface area contributed by atoms with Crippen molar-refractivity contribution < 1.29 is 0 Å². The van der Waals surface area contributed by atoms with Crippen molar-refractivity contribution in [3.63, 3.8) is 0 Å². The van der Waals surface area contributed by atoms with Crippen molar-refractivity contribution in [1.82, 2.24) is 0 Å². The Morgan fingerprint density at radius 1 is 0.432 bits per heavy atom. The molecule has 0 aliphatic carbocycles. The lowest BCUT2D eigenvalue weighted by Gasteiger charge is -2.27. The monoisotopic (exact) mass is 564 g/mol. The molecule has 0 fully saturated rings. The Bertz CT molecular complexity index is 1850. The summed E-state index contributed by atoms with van der Waals surface area (Å²) in [6.07, 6.45) is 8.14. The van der Waals surface area contributed by atoms with Gasteiger partial charge in [0.1, 0.15) is 0 Å². The zero-order chi connectivity index (χ0) is 30.5. The third-order valence-electron chi connectivity index (χ3n) is 8.17. The van der Waals surface area contributed by atoms with Gasteiger partial charge in [-0.3, -0.25) is 0 Å². The molecule has 0 atom stereocenters. The summed E-state index contributed by atoms with van der Waals surface area (Å²) in [7, 11) is 0. The van der Waals surface area contributed by atoms with Gasteiger partial charge in [0.2, 0.25) is 0 Å². The highest BCUT2D eigenvalue weighted by molar-refractivity contribution is 6.16. The van der Waals surface area contributed by atoms with Crippen LogP contribution in [0.25, 0.3) is 44.2 Å². The predicted octanol–water partition coefficient (Wildman–Crippen LogP) is 12.0. The number of rotatable bonds is 8. The van der Waals surface area contributed by atoms with Crippen LogP contribution in [0.15, 0.2) is 171 Å². The molecule has 0 spiro atoms. The first-order valence-corrected chi connectivity index (χ1v) is 15.1. The van der Waals surface area contributed by atoms with E-state index in [1.807, 2.05) is 12.2 Å². The third kappa shape index (κ3) is 5.51. The maximum atomic E-state index is 4.18. The smallest absolute Gasteiger partial charge is 0.000787 e. The molecular formula is C44H36. The highest BCUT2D eigenvalue weighted by Gasteiger charge is 2.26. The van der Waals surface area contributed by atoms with Gasteiger partial charge in [-0.2, -0.15) is 0 Å². The van der Waals surface area contributed by atoms with Gasteiger partial charge in [-0.05, 0) is 80.3 Å². The molecule has 0 N–H and O–H groups in total. The van der Waals surface area contributed by atoms with Gasteiger partial charge in [0, 0.05) is 0 Å². The molecule has 0 amide bonds. The average Bonchev–Trinajstić information content (AvgIpc) is 3.07. The molecule has 0 radical (unpaired) electrons. The highest BCUT2D eigenvalue weighted by atomic mass is 14.3.